The van der Waals surface area contributed by atoms with E-state index < -0.39 is 57.8 Å². The maximum absolute atomic E-state index is 13.0. The van der Waals surface area contributed by atoms with Crippen molar-refractivity contribution in [2.75, 3.05) is 26.4 Å². The number of hydrogen-bond donors (Lipinski definition) is 2. The van der Waals surface area contributed by atoms with Gasteiger partial charge in [0.25, 0.3) is 0 Å². The van der Waals surface area contributed by atoms with Crippen molar-refractivity contribution in [1.29, 1.82) is 0 Å². The van der Waals surface area contributed by atoms with E-state index in [0.29, 0.717) is 19.3 Å². The SMILES string of the molecule is CC/C=C\C/C=C\C/C=C\CCCCCCCCCC(=O)OC(CO)COP(=O)(O)OCC(COC(=O)CCCCCCCCCCC/C=C\CCCCCCCC)OC(=O)CCCCCCCC/C=C\C/C=C\C/C=C\CCCCC. The Hall–Kier alpha value is -3.34. The van der Waals surface area contributed by atoms with Crippen molar-refractivity contribution >= 4 is 25.7 Å². The second-order valence-corrected chi connectivity index (χ2v) is 23.7. The van der Waals surface area contributed by atoms with E-state index >= 15 is 0 Å². The van der Waals surface area contributed by atoms with E-state index in [9.17, 15) is 28.9 Å². The van der Waals surface area contributed by atoms with Gasteiger partial charge < -0.3 is 24.2 Å². The Balaban J connectivity index is 4.72. The number of allylic oxidation sites excluding steroid dienone is 14. The first-order chi connectivity index (χ1) is 40.2. The quantitative estimate of drug-likeness (QED) is 0.0197. The molecule has 0 aliphatic carbocycles. The zero-order valence-electron chi connectivity index (χ0n) is 52.7. The normalized spacial score (nSPS) is 13.8. The van der Waals surface area contributed by atoms with Gasteiger partial charge >= 0.3 is 25.7 Å². The number of rotatable bonds is 62. The van der Waals surface area contributed by atoms with Crippen LogP contribution in [0.25, 0.3) is 0 Å². The van der Waals surface area contributed by atoms with E-state index in [2.05, 4.69) is 106 Å². The van der Waals surface area contributed by atoms with Crippen molar-refractivity contribution in [3.05, 3.63) is 85.1 Å². The third-order valence-corrected chi connectivity index (χ3v) is 15.2. The predicted molar refractivity (Wildman–Crippen MR) is 344 cm³/mol. The highest BCUT2D eigenvalue weighted by molar-refractivity contribution is 7.47. The second kappa shape index (κ2) is 63.7. The van der Waals surface area contributed by atoms with E-state index in [1.54, 1.807) is 0 Å². The molecule has 0 aliphatic rings. The topological polar surface area (TPSA) is 155 Å². The van der Waals surface area contributed by atoms with Gasteiger partial charge in [-0.2, -0.15) is 0 Å². The summed E-state index contributed by atoms with van der Waals surface area (Å²) < 4.78 is 39.7. The molecule has 0 radical (unpaired) electrons. The summed E-state index contributed by atoms with van der Waals surface area (Å²) in [5, 5.41) is 9.87. The summed E-state index contributed by atoms with van der Waals surface area (Å²) in [4.78, 5) is 48.8. The van der Waals surface area contributed by atoms with Crippen molar-refractivity contribution in [2.24, 2.45) is 0 Å². The predicted octanol–water partition coefficient (Wildman–Crippen LogP) is 20.6. The molecular formula is C70H123O11P. The largest absolute Gasteiger partial charge is 0.472 e. The number of esters is 3. The second-order valence-electron chi connectivity index (χ2n) is 22.2. The number of phosphoric ester groups is 1. The first-order valence-corrected chi connectivity index (χ1v) is 35.0. The highest BCUT2D eigenvalue weighted by Gasteiger charge is 2.28. The molecule has 0 heterocycles. The molecule has 0 saturated carbocycles. The maximum atomic E-state index is 13.0. The van der Waals surface area contributed by atoms with Crippen LogP contribution < -0.4 is 0 Å². The Bertz CT molecular complexity index is 1700. The van der Waals surface area contributed by atoms with E-state index in [-0.39, 0.29) is 25.9 Å². The Morgan fingerprint density at radius 2 is 0.634 bits per heavy atom. The van der Waals surface area contributed by atoms with Gasteiger partial charge in [0.2, 0.25) is 0 Å². The molecule has 0 aromatic rings. The number of aliphatic hydroxyl groups is 1. The lowest BCUT2D eigenvalue weighted by molar-refractivity contribution is -0.161. The number of hydrogen-bond acceptors (Lipinski definition) is 10. The summed E-state index contributed by atoms with van der Waals surface area (Å²) in [6, 6.07) is 0. The van der Waals surface area contributed by atoms with Crippen LogP contribution in [0.5, 0.6) is 0 Å². The average Bonchev–Trinajstić information content (AvgIpc) is 3.49. The van der Waals surface area contributed by atoms with Crippen molar-refractivity contribution in [3.8, 4) is 0 Å². The van der Waals surface area contributed by atoms with Crippen molar-refractivity contribution in [1.82, 2.24) is 0 Å². The number of carbonyl (C=O) groups is 3. The smallest absolute Gasteiger partial charge is 0.462 e. The number of carbonyl (C=O) groups excluding carboxylic acids is 3. The molecule has 82 heavy (non-hydrogen) atoms. The van der Waals surface area contributed by atoms with Gasteiger partial charge in [-0.3, -0.25) is 23.4 Å². The van der Waals surface area contributed by atoms with Crippen molar-refractivity contribution < 1.29 is 52.2 Å². The summed E-state index contributed by atoms with van der Waals surface area (Å²) in [6.07, 6.45) is 75.2. The molecule has 2 N–H and O–H groups in total. The monoisotopic (exact) mass is 1170 g/mol. The van der Waals surface area contributed by atoms with E-state index in [0.717, 1.165) is 122 Å². The Morgan fingerprint density at radius 1 is 0.354 bits per heavy atom. The van der Waals surface area contributed by atoms with Crippen LogP contribution in [-0.4, -0.2) is 66.5 Å². The van der Waals surface area contributed by atoms with Crippen LogP contribution in [0.3, 0.4) is 0 Å². The highest BCUT2D eigenvalue weighted by atomic mass is 31.2. The molecule has 474 valence electrons. The Morgan fingerprint density at radius 3 is 1.01 bits per heavy atom. The van der Waals surface area contributed by atoms with Crippen LogP contribution in [0.1, 0.15) is 303 Å². The van der Waals surface area contributed by atoms with Crippen LogP contribution in [0.4, 0.5) is 0 Å². The van der Waals surface area contributed by atoms with Gasteiger partial charge in [-0.1, -0.05) is 254 Å². The lowest BCUT2D eigenvalue weighted by Gasteiger charge is -2.21. The molecule has 0 saturated heterocycles. The van der Waals surface area contributed by atoms with Gasteiger partial charge in [0.15, 0.2) is 6.10 Å². The summed E-state index contributed by atoms with van der Waals surface area (Å²) >= 11 is 0. The fourth-order valence-corrected chi connectivity index (χ4v) is 9.98. The minimum Gasteiger partial charge on any atom is -0.462 e. The van der Waals surface area contributed by atoms with Gasteiger partial charge in [-0.25, -0.2) is 4.57 Å². The summed E-state index contributed by atoms with van der Waals surface area (Å²) in [6.45, 7) is 4.52. The van der Waals surface area contributed by atoms with Crippen LogP contribution in [0.2, 0.25) is 0 Å². The lowest BCUT2D eigenvalue weighted by atomic mass is 10.1. The molecule has 0 aromatic carbocycles. The summed E-state index contributed by atoms with van der Waals surface area (Å²) in [5.74, 6) is -1.48. The van der Waals surface area contributed by atoms with Gasteiger partial charge in [-0.05, 0) is 116 Å². The van der Waals surface area contributed by atoms with Crippen LogP contribution in [-0.2, 0) is 42.2 Å². The molecule has 3 atom stereocenters. The maximum Gasteiger partial charge on any atom is 0.472 e. The summed E-state index contributed by atoms with van der Waals surface area (Å²) in [5.41, 5.74) is 0. The molecule has 0 aliphatic heterocycles. The number of aliphatic hydroxyl groups excluding tert-OH is 1. The standard InChI is InChI=1S/C70H123O11P/c1-4-7-10-13-16-19-22-25-28-31-33-36-38-41-44-47-50-53-56-59-68(72)77-63-67(81-70(74)61-58-55-52-49-46-43-40-37-34-32-29-26-23-20-17-14-11-8-5-2)65-79-82(75,76)78-64-66(62-71)80-69(73)60-57-54-51-48-45-42-39-35-30-27-24-21-18-15-12-9-6-3/h9,12,17-18,20-21,25-30,34,37,66-67,71H,4-8,10-11,13-16,19,22-24,31-33,35-36,38-65H2,1-3H3,(H,75,76)/b12-9-,20-17-,21-18-,28-25-,29-26-,30-27-,37-34-. The zero-order chi connectivity index (χ0) is 59.8. The molecule has 0 fully saturated rings. The van der Waals surface area contributed by atoms with E-state index in [1.165, 1.54) is 122 Å². The fraction of sp³-hybridized carbons (Fsp3) is 0.757. The number of unbranched alkanes of at least 4 members (excludes halogenated alkanes) is 31. The minimum absolute atomic E-state index is 0.150. The first kappa shape index (κ1) is 78.7. The summed E-state index contributed by atoms with van der Waals surface area (Å²) in [7, 11) is -4.77. The average molecular weight is 1170 g/mol. The van der Waals surface area contributed by atoms with Crippen LogP contribution in [0.15, 0.2) is 85.1 Å². The third-order valence-electron chi connectivity index (χ3n) is 14.3. The third kappa shape index (κ3) is 61.2. The highest BCUT2D eigenvalue weighted by Crippen LogP contribution is 2.43. The molecule has 11 nitrogen and oxygen atoms in total. The fourth-order valence-electron chi connectivity index (χ4n) is 9.20. The van der Waals surface area contributed by atoms with E-state index in [1.807, 2.05) is 0 Å². The lowest BCUT2D eigenvalue weighted by Crippen LogP contribution is -2.30. The molecule has 3 unspecified atom stereocenters. The molecule has 0 amide bonds. The number of phosphoric acid groups is 1. The molecule has 0 rings (SSSR count). The Labute approximate surface area is 502 Å². The van der Waals surface area contributed by atoms with E-state index in [4.69, 9.17) is 23.3 Å². The van der Waals surface area contributed by atoms with Gasteiger partial charge in [0.05, 0.1) is 19.8 Å². The first-order valence-electron chi connectivity index (χ1n) is 33.5. The zero-order valence-corrected chi connectivity index (χ0v) is 53.6. The van der Waals surface area contributed by atoms with Crippen molar-refractivity contribution in [3.63, 3.8) is 0 Å². The van der Waals surface area contributed by atoms with Crippen molar-refractivity contribution in [2.45, 2.75) is 315 Å². The van der Waals surface area contributed by atoms with Gasteiger partial charge in [-0.15, -0.1) is 0 Å². The van der Waals surface area contributed by atoms with Gasteiger partial charge in [0, 0.05) is 19.3 Å². The molecule has 0 bridgehead atoms. The minimum atomic E-state index is -4.77. The van der Waals surface area contributed by atoms with Gasteiger partial charge in [0.1, 0.15) is 12.7 Å². The molecule has 0 aromatic heterocycles. The molecular weight excluding hydrogens is 1050 g/mol. The van der Waals surface area contributed by atoms with Crippen LogP contribution in [0, 0.1) is 0 Å². The Kier molecular flexibility index (Phi) is 61.1. The number of ether oxygens (including phenoxy) is 3. The van der Waals surface area contributed by atoms with Crippen LogP contribution >= 0.6 is 7.82 Å². The molecule has 0 spiro atoms. The molecule has 12 heteroatoms.